The summed E-state index contributed by atoms with van der Waals surface area (Å²) in [6, 6.07) is 8.41. The Morgan fingerprint density at radius 2 is 1.85 bits per heavy atom. The van der Waals surface area contributed by atoms with Crippen molar-refractivity contribution in [2.24, 2.45) is 11.8 Å². The number of carbonyl (C=O) groups is 3. The van der Waals surface area contributed by atoms with Gasteiger partial charge < -0.3 is 25.4 Å². The van der Waals surface area contributed by atoms with E-state index in [1.165, 1.54) is 0 Å². The van der Waals surface area contributed by atoms with Crippen molar-refractivity contribution < 1.29 is 24.2 Å². The predicted octanol–water partition coefficient (Wildman–Crippen LogP) is 2.47. The van der Waals surface area contributed by atoms with Gasteiger partial charge in [0.2, 0.25) is 17.7 Å². The van der Waals surface area contributed by atoms with Crippen LogP contribution in [0.15, 0.2) is 30.3 Å². The summed E-state index contributed by atoms with van der Waals surface area (Å²) in [6.45, 7) is 8.07. The number of nitrogens with one attached hydrogen (secondary N) is 2. The molecule has 2 unspecified atom stereocenters. The van der Waals surface area contributed by atoms with E-state index in [1.807, 2.05) is 58.0 Å². The Balaban J connectivity index is 1.72. The summed E-state index contributed by atoms with van der Waals surface area (Å²) in [4.78, 5) is 42.7. The highest BCUT2D eigenvalue weighted by Gasteiger charge is 2.78. The fourth-order valence-electron chi connectivity index (χ4n) is 6.23. The molecule has 4 rings (SSSR count). The van der Waals surface area contributed by atoms with Crippen LogP contribution >= 0.6 is 0 Å². The van der Waals surface area contributed by atoms with Crippen molar-refractivity contribution in [1.82, 2.24) is 10.2 Å². The molecule has 0 aliphatic carbocycles. The summed E-state index contributed by atoms with van der Waals surface area (Å²) in [5.74, 6) is -2.07. The number of likely N-dealkylation sites (tertiary alicyclic amines) is 1. The van der Waals surface area contributed by atoms with Crippen molar-refractivity contribution in [3.63, 3.8) is 0 Å². The summed E-state index contributed by atoms with van der Waals surface area (Å²) < 4.78 is 6.71. The zero-order valence-corrected chi connectivity index (χ0v) is 20.6. The van der Waals surface area contributed by atoms with E-state index in [0.717, 1.165) is 0 Å². The highest BCUT2D eigenvalue weighted by Crippen LogP contribution is 2.64. The van der Waals surface area contributed by atoms with Crippen LogP contribution in [-0.4, -0.2) is 63.7 Å². The average molecular weight is 472 g/mol. The number of anilines is 1. The number of hydrogen-bond donors (Lipinski definition) is 3. The number of unbranched alkanes of at least 4 members (excludes halogenated alkanes) is 1. The molecule has 3 heterocycles. The molecule has 1 aromatic carbocycles. The van der Waals surface area contributed by atoms with Crippen LogP contribution in [0.1, 0.15) is 59.8 Å². The van der Waals surface area contributed by atoms with Gasteiger partial charge in [0.25, 0.3) is 0 Å². The molecule has 3 aliphatic heterocycles. The molecule has 34 heavy (non-hydrogen) atoms. The number of aliphatic hydroxyl groups excluding tert-OH is 1. The van der Waals surface area contributed by atoms with Gasteiger partial charge in [-0.25, -0.2) is 0 Å². The smallest absolute Gasteiger partial charge is 0.246 e. The van der Waals surface area contributed by atoms with E-state index < -0.39 is 34.6 Å². The largest absolute Gasteiger partial charge is 0.396 e. The molecule has 186 valence electrons. The van der Waals surface area contributed by atoms with Crippen LogP contribution in [-0.2, 0) is 19.1 Å². The third-order valence-corrected chi connectivity index (χ3v) is 7.56. The topological polar surface area (TPSA) is 108 Å². The van der Waals surface area contributed by atoms with Crippen LogP contribution in [0.3, 0.4) is 0 Å². The quantitative estimate of drug-likeness (QED) is 0.505. The second-order valence-electron chi connectivity index (χ2n) is 10.9. The Labute approximate surface area is 201 Å². The monoisotopic (exact) mass is 471 g/mol. The Morgan fingerprint density at radius 3 is 2.47 bits per heavy atom. The zero-order chi connectivity index (χ0) is 24.7. The summed E-state index contributed by atoms with van der Waals surface area (Å²) >= 11 is 0. The van der Waals surface area contributed by atoms with Crippen molar-refractivity contribution in [1.29, 1.82) is 0 Å². The minimum absolute atomic E-state index is 0.0208. The lowest BCUT2D eigenvalue weighted by Gasteiger charge is -2.35. The third-order valence-electron chi connectivity index (χ3n) is 7.56. The van der Waals surface area contributed by atoms with Crippen LogP contribution in [0.25, 0.3) is 0 Å². The van der Waals surface area contributed by atoms with E-state index in [9.17, 15) is 19.5 Å². The molecular weight excluding hydrogens is 434 g/mol. The van der Waals surface area contributed by atoms with Crippen molar-refractivity contribution in [2.75, 3.05) is 18.5 Å². The molecule has 2 bridgehead atoms. The van der Waals surface area contributed by atoms with E-state index in [0.29, 0.717) is 44.3 Å². The first-order valence-electron chi connectivity index (χ1n) is 12.4. The Kier molecular flexibility index (Phi) is 6.50. The van der Waals surface area contributed by atoms with E-state index in [1.54, 1.807) is 4.90 Å². The number of benzene rings is 1. The number of rotatable bonds is 8. The van der Waals surface area contributed by atoms with Gasteiger partial charge in [-0.2, -0.15) is 0 Å². The first-order valence-corrected chi connectivity index (χ1v) is 12.4. The molecule has 1 spiro atoms. The standard InChI is InChI=1S/C26H37N3O5/c1-5-25-13-14-26(34-25)19(18(25)21(31)27-17-11-7-6-8-12-17)23(33)29(15-9-10-16-30)20(26)22(32)28-24(2,3)4/h6-8,11-12,18-20,30H,5,9-10,13-16H2,1-4H3,(H,27,31)(H,28,32)/t18-,19-,20?,25+,26?/m0/s1. The van der Waals surface area contributed by atoms with Gasteiger partial charge in [0, 0.05) is 24.4 Å². The molecule has 5 atom stereocenters. The summed E-state index contributed by atoms with van der Waals surface area (Å²) in [5, 5.41) is 15.3. The van der Waals surface area contributed by atoms with Crippen LogP contribution < -0.4 is 10.6 Å². The Morgan fingerprint density at radius 1 is 1.15 bits per heavy atom. The maximum Gasteiger partial charge on any atom is 0.246 e. The Bertz CT molecular complexity index is 946. The van der Waals surface area contributed by atoms with E-state index >= 15 is 0 Å². The Hall–Kier alpha value is -2.45. The normalized spacial score (nSPS) is 32.1. The lowest BCUT2D eigenvalue weighted by Crippen LogP contribution is -2.58. The second-order valence-corrected chi connectivity index (χ2v) is 10.9. The van der Waals surface area contributed by atoms with Crippen molar-refractivity contribution >= 4 is 23.4 Å². The number of ether oxygens (including phenoxy) is 1. The number of nitrogens with zero attached hydrogens (tertiary/aromatic N) is 1. The predicted molar refractivity (Wildman–Crippen MR) is 128 cm³/mol. The van der Waals surface area contributed by atoms with Crippen molar-refractivity contribution in [3.8, 4) is 0 Å². The van der Waals surface area contributed by atoms with E-state index in [4.69, 9.17) is 4.74 Å². The van der Waals surface area contributed by atoms with Gasteiger partial charge in [-0.3, -0.25) is 14.4 Å². The minimum Gasteiger partial charge on any atom is -0.396 e. The summed E-state index contributed by atoms with van der Waals surface area (Å²) in [5.41, 5.74) is -1.60. The molecule has 1 aromatic rings. The molecular formula is C26H37N3O5. The molecule has 8 nitrogen and oxygen atoms in total. The number of carbonyl (C=O) groups excluding carboxylic acids is 3. The molecule has 3 amide bonds. The van der Waals surface area contributed by atoms with Gasteiger partial charge in [0.05, 0.1) is 17.4 Å². The third kappa shape index (κ3) is 4.01. The minimum atomic E-state index is -1.03. The van der Waals surface area contributed by atoms with Gasteiger partial charge in [-0.1, -0.05) is 25.1 Å². The van der Waals surface area contributed by atoms with Crippen molar-refractivity contribution in [2.45, 2.75) is 82.6 Å². The highest BCUT2D eigenvalue weighted by atomic mass is 16.5. The second kappa shape index (κ2) is 8.96. The molecule has 3 N–H and O–H groups in total. The first kappa shape index (κ1) is 24.7. The van der Waals surface area contributed by atoms with Gasteiger partial charge in [-0.15, -0.1) is 0 Å². The molecule has 0 aromatic heterocycles. The van der Waals surface area contributed by atoms with Gasteiger partial charge in [0.15, 0.2) is 0 Å². The van der Waals surface area contributed by atoms with Gasteiger partial charge in [0.1, 0.15) is 11.6 Å². The lowest BCUT2D eigenvalue weighted by atomic mass is 9.65. The fourth-order valence-corrected chi connectivity index (χ4v) is 6.23. The van der Waals surface area contributed by atoms with Crippen molar-refractivity contribution in [3.05, 3.63) is 30.3 Å². The number of para-hydroxylation sites is 1. The molecule has 3 aliphatic rings. The van der Waals surface area contributed by atoms with Crippen LogP contribution in [0.4, 0.5) is 5.69 Å². The maximum atomic E-state index is 13.9. The van der Waals surface area contributed by atoms with Gasteiger partial charge in [-0.05, 0) is 65.0 Å². The molecule has 8 heteroatoms. The lowest BCUT2D eigenvalue weighted by molar-refractivity contribution is -0.147. The van der Waals surface area contributed by atoms with Crippen LogP contribution in [0.5, 0.6) is 0 Å². The molecule has 0 saturated carbocycles. The van der Waals surface area contributed by atoms with Crippen LogP contribution in [0, 0.1) is 11.8 Å². The number of hydrogen-bond acceptors (Lipinski definition) is 5. The summed E-state index contributed by atoms with van der Waals surface area (Å²) in [6.07, 6.45) is 2.88. The highest BCUT2D eigenvalue weighted by molar-refractivity contribution is 6.02. The average Bonchev–Trinajstić information content (AvgIpc) is 3.37. The molecule has 3 saturated heterocycles. The maximum absolute atomic E-state index is 13.9. The first-order chi connectivity index (χ1) is 16.1. The SMILES string of the molecule is CC[C@]12CCC3(O1)C(C(=O)NC(C)(C)C)N(CCCCO)C(=O)[C@@H]3[C@H]2C(=O)Nc1ccccc1. The van der Waals surface area contributed by atoms with Crippen LogP contribution in [0.2, 0.25) is 0 Å². The zero-order valence-electron chi connectivity index (χ0n) is 20.6. The number of amides is 3. The van der Waals surface area contributed by atoms with E-state index in [2.05, 4.69) is 10.6 Å². The molecule has 3 fully saturated rings. The number of aliphatic hydroxyl groups is 1. The molecule has 0 radical (unpaired) electrons. The van der Waals surface area contributed by atoms with E-state index in [-0.39, 0.29) is 24.3 Å². The fraction of sp³-hybridized carbons (Fsp3) is 0.654. The summed E-state index contributed by atoms with van der Waals surface area (Å²) in [7, 11) is 0. The number of fused-ring (bicyclic) bond motifs is 1. The van der Waals surface area contributed by atoms with Gasteiger partial charge >= 0.3 is 0 Å².